The molecule has 0 atom stereocenters. The van der Waals surface area contributed by atoms with Gasteiger partial charge in [0.05, 0.1) is 18.1 Å². The van der Waals surface area contributed by atoms with Crippen molar-refractivity contribution in [2.75, 3.05) is 26.3 Å². The van der Waals surface area contributed by atoms with Crippen LogP contribution < -0.4 is 0 Å². The van der Waals surface area contributed by atoms with E-state index in [1.807, 2.05) is 97.1 Å². The number of Topliss-reactive ketones (excluding diaryl/α,β-unsaturated/α-hetero) is 1. The van der Waals surface area contributed by atoms with Crippen LogP contribution in [0.4, 0.5) is 0 Å². The third kappa shape index (κ3) is 5.56. The minimum absolute atomic E-state index is 0.0266. The summed E-state index contributed by atoms with van der Waals surface area (Å²) in [5, 5.41) is 0.710. The highest BCUT2D eigenvalue weighted by atomic mass is 32.2. The average Bonchev–Trinajstić information content (AvgIpc) is 3.34. The molecule has 3 aromatic rings. The van der Waals surface area contributed by atoms with Gasteiger partial charge in [-0.25, -0.2) is 0 Å². The Bertz CT molecular complexity index is 1330. The first-order valence-electron chi connectivity index (χ1n) is 12.0. The monoisotopic (exact) mass is 494 g/mol. The number of carbonyl (C=O) groups is 2. The number of ether oxygens (including phenoxy) is 1. The number of carbonyl (C=O) groups excluding carboxylic acids is 2. The van der Waals surface area contributed by atoms with Crippen LogP contribution in [0, 0.1) is 0 Å². The van der Waals surface area contributed by atoms with Gasteiger partial charge in [0.25, 0.3) is 5.91 Å². The van der Waals surface area contributed by atoms with Crippen LogP contribution in [0.5, 0.6) is 0 Å². The van der Waals surface area contributed by atoms with Crippen molar-refractivity contribution >= 4 is 39.8 Å². The zero-order chi connectivity index (χ0) is 24.7. The topological polar surface area (TPSA) is 59.0 Å². The van der Waals surface area contributed by atoms with Crippen LogP contribution in [0.25, 0.3) is 11.1 Å². The van der Waals surface area contributed by atoms with Gasteiger partial charge in [0.2, 0.25) is 0 Å². The Labute approximate surface area is 215 Å². The standard InChI is InChI=1S/C30H26N2O3S/c33-27(24-14-8-3-9-15-24)21-25(22-10-4-1-5-11-22)20-26(23-12-6-2-7-13-23)28-29(34)31-30(36-28)32-16-18-35-19-17-32/h1-15,20H,16-19,21H2/b25-20-,28-26-. The van der Waals surface area contributed by atoms with Gasteiger partial charge in [-0.3, -0.25) is 9.59 Å². The molecule has 1 saturated heterocycles. The van der Waals surface area contributed by atoms with Crippen molar-refractivity contribution in [2.24, 2.45) is 4.99 Å². The normalized spacial score (nSPS) is 17.7. The third-order valence-corrected chi connectivity index (χ3v) is 7.24. The summed E-state index contributed by atoms with van der Waals surface area (Å²) in [4.78, 5) is 33.5. The molecule has 0 N–H and O–H groups in total. The summed E-state index contributed by atoms with van der Waals surface area (Å²) >= 11 is 1.40. The number of thioether (sulfide) groups is 1. The lowest BCUT2D eigenvalue weighted by Gasteiger charge is -2.27. The average molecular weight is 495 g/mol. The minimum atomic E-state index is -0.251. The number of aliphatic imine (C=N–C) groups is 1. The lowest BCUT2D eigenvalue weighted by atomic mass is 9.93. The van der Waals surface area contributed by atoms with E-state index in [0.29, 0.717) is 41.9 Å². The SMILES string of the molecule is O=C1N=C(N2CCOCC2)S/C1=C(/C=C(/CC(=O)c1ccccc1)c1ccccc1)c1ccccc1. The summed E-state index contributed by atoms with van der Waals surface area (Å²) in [5.41, 5.74) is 4.15. The van der Waals surface area contributed by atoms with E-state index in [1.54, 1.807) is 0 Å². The van der Waals surface area contributed by atoms with E-state index in [1.165, 1.54) is 11.8 Å². The fraction of sp³-hybridized carbons (Fsp3) is 0.167. The van der Waals surface area contributed by atoms with Crippen LogP contribution in [0.15, 0.2) is 107 Å². The van der Waals surface area contributed by atoms with Gasteiger partial charge in [-0.1, -0.05) is 91.0 Å². The summed E-state index contributed by atoms with van der Waals surface area (Å²) in [7, 11) is 0. The summed E-state index contributed by atoms with van der Waals surface area (Å²) in [6.45, 7) is 2.67. The smallest absolute Gasteiger partial charge is 0.286 e. The molecule has 0 bridgehead atoms. The molecule has 1 amide bonds. The van der Waals surface area contributed by atoms with Gasteiger partial charge in [-0.05, 0) is 34.5 Å². The maximum absolute atomic E-state index is 13.2. The Hall–Kier alpha value is -3.74. The molecule has 180 valence electrons. The van der Waals surface area contributed by atoms with Crippen LogP contribution in [-0.4, -0.2) is 48.1 Å². The third-order valence-electron chi connectivity index (χ3n) is 6.11. The number of nitrogens with zero attached hydrogens (tertiary/aromatic N) is 2. The molecule has 2 aliphatic rings. The van der Waals surface area contributed by atoms with Crippen molar-refractivity contribution < 1.29 is 14.3 Å². The zero-order valence-electron chi connectivity index (χ0n) is 19.8. The Morgan fingerprint density at radius 2 is 1.39 bits per heavy atom. The van der Waals surface area contributed by atoms with Crippen molar-refractivity contribution in [3.05, 3.63) is 119 Å². The molecule has 0 spiro atoms. The number of morpholine rings is 1. The lowest BCUT2D eigenvalue weighted by Crippen LogP contribution is -2.38. The highest BCUT2D eigenvalue weighted by Crippen LogP contribution is 2.38. The summed E-state index contributed by atoms with van der Waals surface area (Å²) in [6.07, 6.45) is 2.21. The number of benzene rings is 3. The predicted molar refractivity (Wildman–Crippen MR) is 146 cm³/mol. The van der Waals surface area contributed by atoms with Crippen LogP contribution in [0.1, 0.15) is 27.9 Å². The molecular formula is C30H26N2O3S. The van der Waals surface area contributed by atoms with Crippen LogP contribution in [0.3, 0.4) is 0 Å². The highest BCUT2D eigenvalue weighted by molar-refractivity contribution is 8.18. The van der Waals surface area contributed by atoms with Crippen LogP contribution in [0.2, 0.25) is 0 Å². The van der Waals surface area contributed by atoms with Gasteiger partial charge in [-0.15, -0.1) is 0 Å². The molecule has 5 nitrogen and oxygen atoms in total. The molecule has 0 saturated carbocycles. The number of allylic oxidation sites excluding steroid dienone is 3. The Kier molecular flexibility index (Phi) is 7.55. The Morgan fingerprint density at radius 3 is 2.00 bits per heavy atom. The van der Waals surface area contributed by atoms with Crippen molar-refractivity contribution in [2.45, 2.75) is 6.42 Å². The van der Waals surface area contributed by atoms with Crippen LogP contribution >= 0.6 is 11.8 Å². The molecule has 3 aromatic carbocycles. The second-order valence-corrected chi connectivity index (χ2v) is 9.49. The Balaban J connectivity index is 1.57. The van der Waals surface area contributed by atoms with E-state index >= 15 is 0 Å². The van der Waals surface area contributed by atoms with E-state index in [2.05, 4.69) is 9.89 Å². The van der Waals surface area contributed by atoms with Gasteiger partial charge < -0.3 is 9.64 Å². The van der Waals surface area contributed by atoms with Crippen molar-refractivity contribution in [3.8, 4) is 0 Å². The molecule has 0 radical (unpaired) electrons. The van der Waals surface area contributed by atoms with Gasteiger partial charge in [0.1, 0.15) is 0 Å². The maximum Gasteiger partial charge on any atom is 0.286 e. The molecule has 2 aliphatic heterocycles. The molecule has 0 aliphatic carbocycles. The number of hydrogen-bond acceptors (Lipinski definition) is 5. The van der Waals surface area contributed by atoms with Gasteiger partial charge in [-0.2, -0.15) is 4.99 Å². The molecule has 1 fully saturated rings. The van der Waals surface area contributed by atoms with E-state index in [-0.39, 0.29) is 18.1 Å². The summed E-state index contributed by atoms with van der Waals surface area (Å²) in [6, 6.07) is 29.0. The molecule has 0 unspecified atom stereocenters. The van der Waals surface area contributed by atoms with Crippen molar-refractivity contribution in [3.63, 3.8) is 0 Å². The first-order chi connectivity index (χ1) is 17.7. The fourth-order valence-electron chi connectivity index (χ4n) is 4.22. The molecule has 5 rings (SSSR count). The number of amides is 1. The van der Waals surface area contributed by atoms with Crippen LogP contribution in [-0.2, 0) is 9.53 Å². The summed E-state index contributed by atoms with van der Waals surface area (Å²) in [5.74, 6) is -0.225. The van der Waals surface area contributed by atoms with E-state index in [0.717, 1.165) is 22.3 Å². The van der Waals surface area contributed by atoms with E-state index in [4.69, 9.17) is 4.74 Å². The van der Waals surface area contributed by atoms with Gasteiger partial charge >= 0.3 is 0 Å². The second kappa shape index (κ2) is 11.3. The lowest BCUT2D eigenvalue weighted by molar-refractivity contribution is -0.113. The maximum atomic E-state index is 13.2. The van der Waals surface area contributed by atoms with E-state index in [9.17, 15) is 9.59 Å². The molecule has 6 heteroatoms. The fourth-order valence-corrected chi connectivity index (χ4v) is 5.26. The predicted octanol–water partition coefficient (Wildman–Crippen LogP) is 5.72. The highest BCUT2D eigenvalue weighted by Gasteiger charge is 2.30. The van der Waals surface area contributed by atoms with Gasteiger partial charge in [0, 0.05) is 30.6 Å². The molecule has 36 heavy (non-hydrogen) atoms. The number of rotatable bonds is 6. The minimum Gasteiger partial charge on any atom is -0.378 e. The van der Waals surface area contributed by atoms with Crippen molar-refractivity contribution in [1.29, 1.82) is 0 Å². The molecule has 2 heterocycles. The second-order valence-electron chi connectivity index (χ2n) is 8.51. The Morgan fingerprint density at radius 1 is 0.833 bits per heavy atom. The number of ketones is 1. The number of amidine groups is 1. The zero-order valence-corrected chi connectivity index (χ0v) is 20.6. The van der Waals surface area contributed by atoms with E-state index < -0.39 is 0 Å². The first kappa shape index (κ1) is 24.0. The molecule has 0 aromatic heterocycles. The summed E-state index contributed by atoms with van der Waals surface area (Å²) < 4.78 is 5.46. The first-order valence-corrected chi connectivity index (χ1v) is 12.8. The largest absolute Gasteiger partial charge is 0.378 e. The molecular weight excluding hydrogens is 468 g/mol. The quantitative estimate of drug-likeness (QED) is 0.324. The van der Waals surface area contributed by atoms with Crippen molar-refractivity contribution in [1.82, 2.24) is 4.90 Å². The van der Waals surface area contributed by atoms with Gasteiger partial charge in [0.15, 0.2) is 11.0 Å². The number of hydrogen-bond donors (Lipinski definition) is 0.